The van der Waals surface area contributed by atoms with Gasteiger partial charge in [-0.05, 0) is 48.4 Å². The molecule has 1 aliphatic heterocycles. The van der Waals surface area contributed by atoms with Gasteiger partial charge in [-0.25, -0.2) is 4.90 Å². The minimum atomic E-state index is -0.547. The molecule has 0 radical (unpaired) electrons. The molecule has 0 spiro atoms. The zero-order chi connectivity index (χ0) is 21.3. The average molecular weight is 416 g/mol. The predicted octanol–water partition coefficient (Wildman–Crippen LogP) is 2.77. The number of aliphatic hydroxyl groups excluding tert-OH is 1. The van der Waals surface area contributed by atoms with Crippen LogP contribution in [0.15, 0.2) is 48.2 Å². The third-order valence-corrected chi connectivity index (χ3v) is 4.88. The molecule has 0 saturated carbocycles. The number of imide groups is 1. The Balaban J connectivity index is 2.14. The average Bonchev–Trinajstić information content (AvgIpc) is 2.93. The van der Waals surface area contributed by atoms with Crippen molar-refractivity contribution in [1.29, 1.82) is 0 Å². The molecule has 0 bridgehead atoms. The van der Waals surface area contributed by atoms with Crippen molar-refractivity contribution in [2.45, 2.75) is 6.92 Å². The van der Waals surface area contributed by atoms with E-state index in [1.165, 1.54) is 29.2 Å². The fourth-order valence-electron chi connectivity index (χ4n) is 3.23. The van der Waals surface area contributed by atoms with Crippen LogP contribution in [0.25, 0.3) is 5.57 Å². The summed E-state index contributed by atoms with van der Waals surface area (Å²) in [4.78, 5) is 39.4. The molecule has 0 unspecified atom stereocenters. The van der Waals surface area contributed by atoms with Crippen molar-refractivity contribution in [3.05, 3.63) is 74.4 Å². The van der Waals surface area contributed by atoms with Crippen LogP contribution in [-0.2, 0) is 9.59 Å². The number of nitrogens with zero attached hydrogens (tertiary/aromatic N) is 3. The number of benzene rings is 2. The molecule has 29 heavy (non-hydrogen) atoms. The van der Waals surface area contributed by atoms with E-state index < -0.39 is 16.7 Å². The van der Waals surface area contributed by atoms with Crippen molar-refractivity contribution in [2.24, 2.45) is 0 Å². The number of hydrogen-bond donors (Lipinski definition) is 1. The van der Waals surface area contributed by atoms with Gasteiger partial charge in [-0.3, -0.25) is 19.7 Å². The summed E-state index contributed by atoms with van der Waals surface area (Å²) in [7, 11) is 1.60. The van der Waals surface area contributed by atoms with E-state index in [0.29, 0.717) is 21.8 Å². The van der Waals surface area contributed by atoms with E-state index in [9.17, 15) is 24.8 Å². The summed E-state index contributed by atoms with van der Waals surface area (Å²) in [5, 5.41) is 20.7. The first-order chi connectivity index (χ1) is 13.8. The molecule has 2 aromatic rings. The van der Waals surface area contributed by atoms with E-state index in [1.54, 1.807) is 32.2 Å². The van der Waals surface area contributed by atoms with Crippen molar-refractivity contribution >= 4 is 40.4 Å². The lowest BCUT2D eigenvalue weighted by atomic mass is 10.0. The van der Waals surface area contributed by atoms with Gasteiger partial charge in [-0.15, -0.1) is 0 Å². The lowest BCUT2D eigenvalue weighted by molar-refractivity contribution is -0.384. The van der Waals surface area contributed by atoms with Crippen LogP contribution in [0.3, 0.4) is 0 Å². The van der Waals surface area contributed by atoms with Gasteiger partial charge in [0.2, 0.25) is 0 Å². The molecule has 1 heterocycles. The monoisotopic (exact) mass is 415 g/mol. The third-order valence-electron chi connectivity index (χ3n) is 4.64. The minimum Gasteiger partial charge on any atom is -0.395 e. The summed E-state index contributed by atoms with van der Waals surface area (Å²) < 4.78 is 0. The van der Waals surface area contributed by atoms with E-state index in [1.807, 2.05) is 0 Å². The maximum Gasteiger partial charge on any atom is 0.282 e. The second-order valence-electron chi connectivity index (χ2n) is 6.55. The molecule has 0 atom stereocenters. The zero-order valence-electron chi connectivity index (χ0n) is 15.8. The molecule has 2 aromatic carbocycles. The minimum absolute atomic E-state index is 0.118. The van der Waals surface area contributed by atoms with Crippen LogP contribution in [0.1, 0.15) is 11.1 Å². The van der Waals surface area contributed by atoms with Crippen LogP contribution in [-0.4, -0.2) is 46.9 Å². The number of carbonyl (C=O) groups excluding carboxylic acids is 2. The van der Waals surface area contributed by atoms with E-state index >= 15 is 0 Å². The van der Waals surface area contributed by atoms with Gasteiger partial charge in [0.15, 0.2) is 0 Å². The van der Waals surface area contributed by atoms with Gasteiger partial charge < -0.3 is 10.0 Å². The molecule has 0 aliphatic carbocycles. The zero-order valence-corrected chi connectivity index (χ0v) is 16.5. The van der Waals surface area contributed by atoms with Crippen molar-refractivity contribution in [1.82, 2.24) is 4.90 Å². The molecule has 0 aromatic heterocycles. The van der Waals surface area contributed by atoms with E-state index in [-0.39, 0.29) is 30.1 Å². The maximum atomic E-state index is 13.3. The Morgan fingerprint density at radius 3 is 2.34 bits per heavy atom. The van der Waals surface area contributed by atoms with E-state index in [0.717, 1.165) is 4.90 Å². The standard InChI is InChI=1S/C20H18ClN3O5/c1-12-11-14(21)5-8-16(12)23-19(26)17(18(20(23)27)22(2)9-10-25)13-3-6-15(7-4-13)24(28)29/h3-8,11,25H,9-10H2,1-2H3. The lowest BCUT2D eigenvalue weighted by Gasteiger charge is -2.21. The van der Waals surface area contributed by atoms with Gasteiger partial charge in [0.25, 0.3) is 17.5 Å². The summed E-state index contributed by atoms with van der Waals surface area (Å²) in [6.45, 7) is 1.66. The predicted molar refractivity (Wildman–Crippen MR) is 108 cm³/mol. The molecule has 150 valence electrons. The molecule has 9 heteroatoms. The molecule has 0 saturated heterocycles. The van der Waals surface area contributed by atoms with Gasteiger partial charge in [0, 0.05) is 30.7 Å². The van der Waals surface area contributed by atoms with Crippen molar-refractivity contribution < 1.29 is 19.6 Å². The highest BCUT2D eigenvalue weighted by atomic mass is 35.5. The number of rotatable bonds is 6. The highest BCUT2D eigenvalue weighted by Gasteiger charge is 2.42. The second-order valence-corrected chi connectivity index (χ2v) is 6.99. The number of hydrogen-bond acceptors (Lipinski definition) is 6. The normalized spacial score (nSPS) is 14.0. The summed E-state index contributed by atoms with van der Waals surface area (Å²) >= 11 is 5.99. The number of aryl methyl sites for hydroxylation is 1. The van der Waals surface area contributed by atoms with Crippen LogP contribution in [0.4, 0.5) is 11.4 Å². The number of aliphatic hydroxyl groups is 1. The number of halogens is 1. The Hall–Kier alpha value is -3.23. The first-order valence-electron chi connectivity index (χ1n) is 8.72. The highest BCUT2D eigenvalue weighted by molar-refractivity contribution is 6.45. The van der Waals surface area contributed by atoms with Gasteiger partial charge in [-0.2, -0.15) is 0 Å². The van der Waals surface area contributed by atoms with Crippen molar-refractivity contribution in [3.8, 4) is 0 Å². The number of anilines is 1. The lowest BCUT2D eigenvalue weighted by Crippen LogP contribution is -2.35. The SMILES string of the molecule is Cc1cc(Cl)ccc1N1C(=O)C(c2ccc([N+](=O)[O-])cc2)=C(N(C)CCO)C1=O. The Morgan fingerprint density at radius 1 is 1.14 bits per heavy atom. The number of nitro groups is 1. The first kappa shape index (κ1) is 20.5. The summed E-state index contributed by atoms with van der Waals surface area (Å²) in [6, 6.07) is 10.3. The molecular formula is C20H18ClN3O5. The highest BCUT2D eigenvalue weighted by Crippen LogP contribution is 2.36. The molecular weight excluding hydrogens is 398 g/mol. The van der Waals surface area contributed by atoms with Crippen molar-refractivity contribution in [2.75, 3.05) is 25.1 Å². The number of carbonyl (C=O) groups is 2. The first-order valence-corrected chi connectivity index (χ1v) is 9.10. The number of nitro benzene ring substituents is 1. The van der Waals surface area contributed by atoms with Crippen LogP contribution < -0.4 is 4.90 Å². The summed E-state index contributed by atoms with van der Waals surface area (Å²) in [5.41, 5.74) is 1.54. The second kappa shape index (κ2) is 8.02. The molecule has 1 aliphatic rings. The Bertz CT molecular complexity index is 1030. The molecule has 8 nitrogen and oxygen atoms in total. The van der Waals surface area contributed by atoms with Gasteiger partial charge in [-0.1, -0.05) is 11.6 Å². The smallest absolute Gasteiger partial charge is 0.282 e. The van der Waals surface area contributed by atoms with Gasteiger partial charge in [0.1, 0.15) is 5.70 Å². The maximum absolute atomic E-state index is 13.3. The Morgan fingerprint density at radius 2 is 1.79 bits per heavy atom. The summed E-state index contributed by atoms with van der Waals surface area (Å²) in [5.74, 6) is -1.08. The van der Waals surface area contributed by atoms with Crippen molar-refractivity contribution in [3.63, 3.8) is 0 Å². The number of non-ortho nitro benzene ring substituents is 1. The number of amides is 2. The number of likely N-dealkylation sites (N-methyl/N-ethyl adjacent to an activating group) is 1. The summed E-state index contributed by atoms with van der Waals surface area (Å²) in [6.07, 6.45) is 0. The molecule has 2 amide bonds. The van der Waals surface area contributed by atoms with E-state index in [2.05, 4.69) is 0 Å². The van der Waals surface area contributed by atoms with Gasteiger partial charge in [0.05, 0.1) is 22.8 Å². The van der Waals surface area contributed by atoms with E-state index in [4.69, 9.17) is 11.6 Å². The molecule has 1 N–H and O–H groups in total. The van der Waals surface area contributed by atoms with Gasteiger partial charge >= 0.3 is 0 Å². The quantitative estimate of drug-likeness (QED) is 0.442. The van der Waals surface area contributed by atoms with Crippen LogP contribution in [0.5, 0.6) is 0 Å². The largest absolute Gasteiger partial charge is 0.395 e. The van der Waals surface area contributed by atoms with Crippen LogP contribution >= 0.6 is 11.6 Å². The van der Waals surface area contributed by atoms with Crippen LogP contribution in [0.2, 0.25) is 5.02 Å². The fourth-order valence-corrected chi connectivity index (χ4v) is 3.46. The third kappa shape index (κ3) is 3.72. The fraction of sp³-hybridized carbons (Fsp3) is 0.200. The molecule has 0 fully saturated rings. The Labute approximate surface area is 171 Å². The molecule has 3 rings (SSSR count). The Kier molecular flexibility index (Phi) is 5.67. The topological polar surface area (TPSA) is 104 Å². The van der Waals surface area contributed by atoms with Crippen LogP contribution in [0, 0.1) is 17.0 Å².